The Morgan fingerprint density at radius 2 is 2.08 bits per heavy atom. The zero-order valence-corrected chi connectivity index (χ0v) is 15.4. The smallest absolute Gasteiger partial charge is 0.231 e. The maximum atomic E-state index is 12.2. The lowest BCUT2D eigenvalue weighted by Crippen LogP contribution is -2.64. The number of carbonyl (C=O) groups excluding carboxylic acids is 1. The number of carbonyl (C=O) groups is 1. The number of amides is 1. The summed E-state index contributed by atoms with van der Waals surface area (Å²) in [4.78, 5) is 16.2. The number of guanidine groups is 1. The lowest BCUT2D eigenvalue weighted by Gasteiger charge is -2.47. The Kier molecular flexibility index (Phi) is 5.42. The molecule has 2 saturated heterocycles. The quantitative estimate of drug-likeness (QED) is 0.864. The Morgan fingerprint density at radius 3 is 2.80 bits per heavy atom. The first-order valence-corrected chi connectivity index (χ1v) is 9.37. The second-order valence-electron chi connectivity index (χ2n) is 7.75. The predicted octanol–water partition coefficient (Wildman–Crippen LogP) is 2.48. The minimum atomic E-state index is -0.293. The molecule has 0 spiro atoms. The molecule has 2 aliphatic rings. The van der Waals surface area contributed by atoms with Crippen molar-refractivity contribution in [3.05, 3.63) is 35.9 Å². The molecule has 25 heavy (non-hydrogen) atoms. The van der Waals surface area contributed by atoms with Crippen molar-refractivity contribution >= 4 is 11.9 Å². The normalized spacial score (nSPS) is 28.1. The average Bonchev–Trinajstić information content (AvgIpc) is 2.61. The molecule has 2 N–H and O–H groups in total. The van der Waals surface area contributed by atoms with Crippen LogP contribution >= 0.6 is 0 Å². The van der Waals surface area contributed by atoms with Crippen molar-refractivity contribution in [1.82, 2.24) is 15.1 Å². The van der Waals surface area contributed by atoms with Crippen LogP contribution in [0.5, 0.6) is 0 Å². The van der Waals surface area contributed by atoms with Crippen molar-refractivity contribution in [2.75, 3.05) is 26.7 Å². The van der Waals surface area contributed by atoms with Crippen molar-refractivity contribution in [3.8, 4) is 0 Å². The number of hydrogen-bond acceptors (Lipinski definition) is 3. The Bertz CT molecular complexity index is 597. The molecule has 0 radical (unpaired) electrons. The van der Waals surface area contributed by atoms with Gasteiger partial charge < -0.3 is 10.2 Å². The van der Waals surface area contributed by atoms with Gasteiger partial charge in [-0.25, -0.2) is 0 Å². The van der Waals surface area contributed by atoms with Gasteiger partial charge in [0.05, 0.1) is 12.0 Å². The third kappa shape index (κ3) is 4.21. The van der Waals surface area contributed by atoms with E-state index in [0.717, 1.165) is 32.5 Å². The number of hydrogen-bond donors (Lipinski definition) is 2. The number of nitrogens with one attached hydrogen (secondary N) is 2. The van der Waals surface area contributed by atoms with Gasteiger partial charge in [-0.15, -0.1) is 0 Å². The van der Waals surface area contributed by atoms with Crippen molar-refractivity contribution in [2.45, 2.75) is 44.6 Å². The van der Waals surface area contributed by atoms with Crippen molar-refractivity contribution in [1.29, 1.82) is 5.41 Å². The fourth-order valence-electron chi connectivity index (χ4n) is 4.13. The molecule has 5 nitrogen and oxygen atoms in total. The van der Waals surface area contributed by atoms with Crippen LogP contribution in [0.1, 0.15) is 38.2 Å². The van der Waals surface area contributed by atoms with E-state index in [1.54, 1.807) is 7.05 Å². The van der Waals surface area contributed by atoms with Gasteiger partial charge in [0.1, 0.15) is 0 Å². The highest BCUT2D eigenvalue weighted by Crippen LogP contribution is 2.32. The molecule has 0 aliphatic carbocycles. The molecule has 0 aromatic heterocycles. The number of piperidine rings is 1. The summed E-state index contributed by atoms with van der Waals surface area (Å²) in [6, 6.07) is 10.7. The van der Waals surface area contributed by atoms with Crippen LogP contribution in [0.2, 0.25) is 0 Å². The van der Waals surface area contributed by atoms with E-state index in [1.807, 2.05) is 0 Å². The van der Waals surface area contributed by atoms with Crippen molar-refractivity contribution < 1.29 is 4.79 Å². The van der Waals surface area contributed by atoms with E-state index in [2.05, 4.69) is 47.5 Å². The lowest BCUT2D eigenvalue weighted by atomic mass is 9.76. The third-order valence-electron chi connectivity index (χ3n) is 5.82. The fourth-order valence-corrected chi connectivity index (χ4v) is 4.13. The van der Waals surface area contributed by atoms with Gasteiger partial charge >= 0.3 is 0 Å². The van der Waals surface area contributed by atoms with Crippen LogP contribution in [0.25, 0.3) is 0 Å². The van der Waals surface area contributed by atoms with Crippen LogP contribution in [0, 0.1) is 11.3 Å². The molecule has 2 aliphatic heterocycles. The summed E-state index contributed by atoms with van der Waals surface area (Å²) >= 11 is 0. The van der Waals surface area contributed by atoms with E-state index in [0.29, 0.717) is 12.3 Å². The maximum absolute atomic E-state index is 12.2. The molecular formula is C20H30N4O. The molecule has 136 valence electrons. The van der Waals surface area contributed by atoms with Crippen LogP contribution in [0.3, 0.4) is 0 Å². The zero-order valence-electron chi connectivity index (χ0n) is 15.4. The van der Waals surface area contributed by atoms with Crippen LogP contribution in [0.4, 0.5) is 0 Å². The van der Waals surface area contributed by atoms with E-state index >= 15 is 0 Å². The van der Waals surface area contributed by atoms with Gasteiger partial charge in [0.25, 0.3) is 0 Å². The van der Waals surface area contributed by atoms with Gasteiger partial charge in [0.2, 0.25) is 5.91 Å². The van der Waals surface area contributed by atoms with Gasteiger partial charge in [-0.05, 0) is 57.2 Å². The summed E-state index contributed by atoms with van der Waals surface area (Å²) in [6.45, 7) is 5.38. The van der Waals surface area contributed by atoms with E-state index < -0.39 is 0 Å². The first kappa shape index (κ1) is 17.9. The number of rotatable bonds is 5. The standard InChI is InChI=1S/C20H30N4O/c1-20(14-18(25)23(2)19(21)22-20)17-11-7-13-24(15-17)12-6-10-16-8-4-3-5-9-16/h3-5,8-9,17H,6-7,10-15H2,1-2H3,(H2,21,22)/t17?,20-/m0/s1. The third-order valence-corrected chi connectivity index (χ3v) is 5.82. The monoisotopic (exact) mass is 342 g/mol. The molecule has 0 saturated carbocycles. The predicted molar refractivity (Wildman–Crippen MR) is 101 cm³/mol. The van der Waals surface area contributed by atoms with Gasteiger partial charge in [-0.3, -0.25) is 15.1 Å². The number of aryl methyl sites for hydroxylation is 1. The van der Waals surface area contributed by atoms with E-state index in [-0.39, 0.29) is 17.4 Å². The first-order valence-electron chi connectivity index (χ1n) is 9.37. The summed E-state index contributed by atoms with van der Waals surface area (Å²) in [5.74, 6) is 0.698. The van der Waals surface area contributed by atoms with Gasteiger partial charge in [0.15, 0.2) is 5.96 Å². The summed E-state index contributed by atoms with van der Waals surface area (Å²) in [5, 5.41) is 11.3. The van der Waals surface area contributed by atoms with Crippen molar-refractivity contribution in [3.63, 3.8) is 0 Å². The van der Waals surface area contributed by atoms with E-state index in [1.165, 1.54) is 23.3 Å². The largest absolute Gasteiger partial charge is 0.350 e. The number of benzene rings is 1. The second kappa shape index (κ2) is 7.56. The summed E-state index contributed by atoms with van der Waals surface area (Å²) < 4.78 is 0. The summed E-state index contributed by atoms with van der Waals surface area (Å²) in [7, 11) is 1.67. The molecule has 2 heterocycles. The number of nitrogens with zero attached hydrogens (tertiary/aromatic N) is 2. The Hall–Kier alpha value is -1.88. The first-order chi connectivity index (χ1) is 12.0. The minimum Gasteiger partial charge on any atom is -0.350 e. The highest BCUT2D eigenvalue weighted by molar-refractivity contribution is 5.98. The summed E-state index contributed by atoms with van der Waals surface area (Å²) in [6.07, 6.45) is 5.06. The molecule has 5 heteroatoms. The molecule has 3 rings (SSSR count). The molecule has 1 aromatic carbocycles. The van der Waals surface area contributed by atoms with Gasteiger partial charge in [0, 0.05) is 13.6 Å². The van der Waals surface area contributed by atoms with Gasteiger partial charge in [-0.1, -0.05) is 30.3 Å². The van der Waals surface area contributed by atoms with Crippen LogP contribution in [-0.4, -0.2) is 53.9 Å². The van der Waals surface area contributed by atoms with Crippen LogP contribution in [-0.2, 0) is 11.2 Å². The number of likely N-dealkylation sites (tertiary alicyclic amines) is 1. The van der Waals surface area contributed by atoms with Crippen LogP contribution < -0.4 is 5.32 Å². The van der Waals surface area contributed by atoms with Crippen LogP contribution in [0.15, 0.2) is 30.3 Å². The maximum Gasteiger partial charge on any atom is 0.231 e. The topological polar surface area (TPSA) is 59.4 Å². The highest BCUT2D eigenvalue weighted by Gasteiger charge is 2.43. The van der Waals surface area contributed by atoms with Crippen molar-refractivity contribution in [2.24, 2.45) is 5.92 Å². The molecule has 1 unspecified atom stereocenters. The van der Waals surface area contributed by atoms with E-state index in [9.17, 15) is 4.79 Å². The molecule has 2 atom stereocenters. The second-order valence-corrected chi connectivity index (χ2v) is 7.75. The minimum absolute atomic E-state index is 0.0486. The average molecular weight is 342 g/mol. The molecule has 1 aromatic rings. The summed E-state index contributed by atoms with van der Waals surface area (Å²) in [5.41, 5.74) is 1.11. The SMILES string of the molecule is CN1C(=N)N[C@](C)(C2CCCN(CCCc3ccccc3)C2)CC1=O. The Morgan fingerprint density at radius 1 is 1.32 bits per heavy atom. The molecular weight excluding hydrogens is 312 g/mol. The van der Waals surface area contributed by atoms with Gasteiger partial charge in [-0.2, -0.15) is 0 Å². The fraction of sp³-hybridized carbons (Fsp3) is 0.600. The highest BCUT2D eigenvalue weighted by atomic mass is 16.2. The Labute approximate surface area is 150 Å². The Balaban J connectivity index is 1.54. The molecule has 1 amide bonds. The molecule has 2 fully saturated rings. The van der Waals surface area contributed by atoms with E-state index in [4.69, 9.17) is 5.41 Å². The zero-order chi connectivity index (χ0) is 17.9. The lowest BCUT2D eigenvalue weighted by molar-refractivity contribution is -0.130. The molecule has 0 bridgehead atoms.